The molecule has 1 aliphatic carbocycles. The molecule has 338 valence electrons. The minimum absolute atomic E-state index is 0.546. The zero-order chi connectivity index (χ0) is 47.6. The molecule has 0 amide bonds. The van der Waals surface area contributed by atoms with Crippen LogP contribution >= 0.6 is 11.3 Å². The summed E-state index contributed by atoms with van der Waals surface area (Å²) in [5.74, 6) is 0. The summed E-state index contributed by atoms with van der Waals surface area (Å²) in [5.41, 5.74) is 20.7. The highest BCUT2D eigenvalue weighted by Crippen LogP contribution is 2.57. The van der Waals surface area contributed by atoms with Crippen molar-refractivity contribution in [3.05, 3.63) is 289 Å². The highest BCUT2D eigenvalue weighted by Gasteiger charge is 2.46. The van der Waals surface area contributed by atoms with E-state index in [-0.39, 0.29) is 0 Å². The van der Waals surface area contributed by atoms with Gasteiger partial charge in [0.25, 0.3) is 0 Å². The van der Waals surface area contributed by atoms with Crippen molar-refractivity contribution >= 4 is 60.6 Å². The Balaban J connectivity index is 0.925. The van der Waals surface area contributed by atoms with Crippen molar-refractivity contribution in [2.24, 2.45) is 0 Å². The average molecular weight is 937 g/mol. The first-order valence-corrected chi connectivity index (χ1v) is 25.3. The van der Waals surface area contributed by atoms with Crippen molar-refractivity contribution in [3.8, 4) is 55.1 Å². The van der Waals surface area contributed by atoms with Gasteiger partial charge in [-0.3, -0.25) is 0 Å². The summed E-state index contributed by atoms with van der Waals surface area (Å²) < 4.78 is 8.03. The van der Waals surface area contributed by atoms with E-state index < -0.39 is 5.41 Å². The molecule has 0 aliphatic heterocycles. The maximum absolute atomic E-state index is 6.89. The molecule has 14 rings (SSSR count). The number of hydrogen-bond donors (Lipinski definition) is 0. The molecule has 0 spiro atoms. The summed E-state index contributed by atoms with van der Waals surface area (Å²) in [6.07, 6.45) is 0. The summed E-state index contributed by atoms with van der Waals surface area (Å²) >= 11 is 1.73. The van der Waals surface area contributed by atoms with Crippen LogP contribution in [0.2, 0.25) is 0 Å². The quantitative estimate of drug-likeness (QED) is 0.144. The number of benzene rings is 11. The van der Waals surface area contributed by atoms with Crippen LogP contribution in [0.4, 0.5) is 17.1 Å². The van der Waals surface area contributed by atoms with Crippen LogP contribution in [-0.4, -0.2) is 4.98 Å². The van der Waals surface area contributed by atoms with Gasteiger partial charge >= 0.3 is 0 Å². The lowest BCUT2D eigenvalue weighted by molar-refractivity contribution is 0.671. The van der Waals surface area contributed by atoms with Crippen LogP contribution in [0.1, 0.15) is 22.3 Å². The van der Waals surface area contributed by atoms with Crippen LogP contribution in [0.5, 0.6) is 0 Å². The number of fused-ring (bicyclic) bond motifs is 7. The van der Waals surface area contributed by atoms with Crippen LogP contribution in [-0.2, 0) is 5.41 Å². The van der Waals surface area contributed by atoms with Gasteiger partial charge in [-0.05, 0) is 98.1 Å². The molecule has 0 saturated carbocycles. The normalized spacial score (nSPS) is 12.6. The Bertz CT molecular complexity index is 4090. The minimum Gasteiger partial charge on any atom is -0.455 e. The minimum atomic E-state index is -0.546. The number of thiazole rings is 1. The molecule has 0 radical (unpaired) electrons. The molecule has 4 heteroatoms. The molecule has 0 atom stereocenters. The van der Waals surface area contributed by atoms with E-state index in [0.717, 1.165) is 82.0 Å². The average Bonchev–Trinajstić information content (AvgIpc) is 4.15. The van der Waals surface area contributed by atoms with Gasteiger partial charge in [0.2, 0.25) is 0 Å². The van der Waals surface area contributed by atoms with Gasteiger partial charge in [0.05, 0.1) is 15.6 Å². The molecule has 13 aromatic rings. The van der Waals surface area contributed by atoms with Gasteiger partial charge in [0, 0.05) is 44.5 Å². The first-order chi connectivity index (χ1) is 35.7. The fourth-order valence-electron chi connectivity index (χ4n) is 11.3. The molecule has 0 saturated heterocycles. The largest absolute Gasteiger partial charge is 0.455 e. The van der Waals surface area contributed by atoms with Crippen molar-refractivity contribution in [2.45, 2.75) is 5.41 Å². The lowest BCUT2D eigenvalue weighted by Crippen LogP contribution is -2.28. The number of nitrogens with zero attached hydrogens (tertiary/aromatic N) is 2. The van der Waals surface area contributed by atoms with Gasteiger partial charge < -0.3 is 9.32 Å². The van der Waals surface area contributed by atoms with E-state index in [0.29, 0.717) is 0 Å². The number of aromatic nitrogens is 1. The second kappa shape index (κ2) is 17.1. The Labute approximate surface area is 422 Å². The third kappa shape index (κ3) is 6.75. The summed E-state index contributed by atoms with van der Waals surface area (Å²) in [7, 11) is 0. The second-order valence-electron chi connectivity index (χ2n) is 18.6. The smallest absolute Gasteiger partial charge is 0.143 e. The van der Waals surface area contributed by atoms with Crippen LogP contribution in [0.25, 0.3) is 87.2 Å². The summed E-state index contributed by atoms with van der Waals surface area (Å²) in [6, 6.07) is 96.5. The highest BCUT2D eigenvalue weighted by molar-refractivity contribution is 7.21. The maximum Gasteiger partial charge on any atom is 0.143 e. The number of rotatable bonds is 9. The van der Waals surface area contributed by atoms with Gasteiger partial charge in [-0.25, -0.2) is 4.98 Å². The monoisotopic (exact) mass is 936 g/mol. The molecule has 1 aliphatic rings. The molecule has 0 fully saturated rings. The zero-order valence-electron chi connectivity index (χ0n) is 39.1. The Morgan fingerprint density at radius 2 is 0.819 bits per heavy atom. The topological polar surface area (TPSA) is 29.3 Å². The fourth-order valence-corrected chi connectivity index (χ4v) is 12.3. The summed E-state index contributed by atoms with van der Waals surface area (Å²) in [4.78, 5) is 7.71. The van der Waals surface area contributed by atoms with E-state index in [2.05, 4.69) is 272 Å². The van der Waals surface area contributed by atoms with Gasteiger partial charge in [-0.2, -0.15) is 0 Å². The van der Waals surface area contributed by atoms with Crippen LogP contribution < -0.4 is 4.90 Å². The summed E-state index contributed by atoms with van der Waals surface area (Å²) in [5, 5.41) is 3.22. The van der Waals surface area contributed by atoms with E-state index in [1.165, 1.54) is 44.5 Å². The predicted molar refractivity (Wildman–Crippen MR) is 301 cm³/mol. The maximum atomic E-state index is 6.89. The van der Waals surface area contributed by atoms with Crippen LogP contribution in [0.3, 0.4) is 0 Å². The number of anilines is 3. The van der Waals surface area contributed by atoms with Crippen molar-refractivity contribution in [1.29, 1.82) is 0 Å². The lowest BCUT2D eigenvalue weighted by atomic mass is 9.67. The molecule has 0 bridgehead atoms. The van der Waals surface area contributed by atoms with E-state index in [9.17, 15) is 0 Å². The van der Waals surface area contributed by atoms with Crippen LogP contribution in [0.15, 0.2) is 271 Å². The second-order valence-corrected chi connectivity index (χ2v) is 19.6. The molecule has 2 heterocycles. The summed E-state index contributed by atoms with van der Waals surface area (Å²) in [6.45, 7) is 0. The van der Waals surface area contributed by atoms with Crippen molar-refractivity contribution in [3.63, 3.8) is 0 Å². The SMILES string of the molecule is c1ccc(-c2ccc(-c3nc4cc(N(c5ccc(-c6cccc7c6oc6c(-c8ccccc8)cccc67)cc5)c5ccc6c(c5)C(c5ccccc5)(c5ccccc5)c5ccccc5-6)ccc4s3)cc2)cc1. The van der Waals surface area contributed by atoms with Gasteiger partial charge in [0.1, 0.15) is 16.2 Å². The first-order valence-electron chi connectivity index (χ1n) is 24.5. The number of para-hydroxylation sites is 2. The number of hydrogen-bond acceptors (Lipinski definition) is 4. The number of furan rings is 1. The van der Waals surface area contributed by atoms with Crippen molar-refractivity contribution in [1.82, 2.24) is 4.98 Å². The molecular weight excluding hydrogens is 893 g/mol. The molecule has 72 heavy (non-hydrogen) atoms. The first kappa shape index (κ1) is 41.8. The van der Waals surface area contributed by atoms with Gasteiger partial charge in [0.15, 0.2) is 0 Å². The lowest BCUT2D eigenvalue weighted by Gasteiger charge is -2.35. The Morgan fingerprint density at radius 3 is 1.47 bits per heavy atom. The third-order valence-corrected chi connectivity index (χ3v) is 15.7. The Hall–Kier alpha value is -9.09. The molecule has 11 aromatic carbocycles. The van der Waals surface area contributed by atoms with Crippen molar-refractivity contribution in [2.75, 3.05) is 4.90 Å². The fraction of sp³-hybridized carbons (Fsp3) is 0.0147. The van der Waals surface area contributed by atoms with E-state index in [1.807, 2.05) is 0 Å². The van der Waals surface area contributed by atoms with E-state index >= 15 is 0 Å². The molecule has 0 N–H and O–H groups in total. The molecule has 0 unspecified atom stereocenters. The van der Waals surface area contributed by atoms with Crippen LogP contribution in [0, 0.1) is 0 Å². The Morgan fingerprint density at radius 1 is 0.347 bits per heavy atom. The Kier molecular flexibility index (Phi) is 9.94. The van der Waals surface area contributed by atoms with Crippen molar-refractivity contribution < 1.29 is 4.42 Å². The molecular formula is C68H44N2OS. The molecule has 2 aromatic heterocycles. The predicted octanol–water partition coefficient (Wildman–Crippen LogP) is 18.7. The standard InChI is InChI=1S/C68H44N2OS/c1-5-17-45(18-6-1)46-31-33-49(34-32-46)67-69-63-44-54(40-42-64(63)72-67)70(52-37-35-48(36-38-52)56-27-16-29-60-59-28-15-26-55(65(59)71-66(56)60)47-19-7-2-8-20-47)53-39-41-58-57-25-13-14-30-61(57)68(62(58)43-53,50-21-9-3-10-22-50)51-23-11-4-12-24-51/h1-44H. The zero-order valence-corrected chi connectivity index (χ0v) is 39.9. The van der Waals surface area contributed by atoms with Gasteiger partial charge in [-0.1, -0.05) is 224 Å². The van der Waals surface area contributed by atoms with E-state index in [1.54, 1.807) is 11.3 Å². The molecule has 3 nitrogen and oxygen atoms in total. The third-order valence-electron chi connectivity index (χ3n) is 14.6. The van der Waals surface area contributed by atoms with E-state index in [4.69, 9.17) is 9.40 Å². The highest BCUT2D eigenvalue weighted by atomic mass is 32.1. The van der Waals surface area contributed by atoms with Gasteiger partial charge in [-0.15, -0.1) is 11.3 Å².